The first kappa shape index (κ1) is 14.0. The molecule has 1 nitrogen and oxygen atoms in total. The summed E-state index contributed by atoms with van der Waals surface area (Å²) in [6, 6.07) is 6.64. The predicted molar refractivity (Wildman–Crippen MR) is 80.4 cm³/mol. The lowest BCUT2D eigenvalue weighted by Crippen LogP contribution is -2.29. The number of hydrogen-bond acceptors (Lipinski definition) is 1. The Morgan fingerprint density at radius 2 is 2.06 bits per heavy atom. The molecule has 0 atom stereocenters. The second kappa shape index (κ2) is 6.06. The van der Waals surface area contributed by atoms with Gasteiger partial charge in [-0.05, 0) is 51.5 Å². The Kier molecular flexibility index (Phi) is 5.01. The van der Waals surface area contributed by atoms with E-state index in [-0.39, 0.29) is 0 Å². The lowest BCUT2D eigenvalue weighted by atomic mass is 10.1. The lowest BCUT2D eigenvalue weighted by molar-refractivity contribution is 0.763. The van der Waals surface area contributed by atoms with Crippen molar-refractivity contribution < 1.29 is 0 Å². The summed E-state index contributed by atoms with van der Waals surface area (Å²) in [6.45, 7) is 12.6. The first-order valence-electron chi connectivity index (χ1n) is 5.85. The number of halogens is 1. The Morgan fingerprint density at radius 3 is 2.59 bits per heavy atom. The smallest absolute Gasteiger partial charge is 0.0454 e. The van der Waals surface area contributed by atoms with E-state index in [0.717, 1.165) is 10.2 Å². The zero-order chi connectivity index (χ0) is 13.0. The summed E-state index contributed by atoms with van der Waals surface area (Å²) in [4.78, 5) is 2.25. The van der Waals surface area contributed by atoms with Crippen LogP contribution in [0.25, 0.3) is 0 Å². The average Bonchev–Trinajstić information content (AvgIpc) is 2.24. The van der Waals surface area contributed by atoms with E-state index >= 15 is 0 Å². The fourth-order valence-electron chi connectivity index (χ4n) is 1.89. The first-order chi connectivity index (χ1) is 7.99. The van der Waals surface area contributed by atoms with E-state index in [9.17, 15) is 0 Å². The molecule has 0 radical (unpaired) electrons. The minimum Gasteiger partial charge on any atom is -0.339 e. The summed E-state index contributed by atoms with van der Waals surface area (Å²) >= 11 is 3.58. The highest BCUT2D eigenvalue weighted by molar-refractivity contribution is 9.10. The van der Waals surface area contributed by atoms with E-state index in [1.807, 2.05) is 19.1 Å². The van der Waals surface area contributed by atoms with Crippen LogP contribution >= 0.6 is 15.9 Å². The molecule has 0 fully saturated rings. The molecule has 0 unspecified atom stereocenters. The molecule has 2 heteroatoms. The normalized spacial score (nSPS) is 11.2. The van der Waals surface area contributed by atoms with E-state index in [1.165, 1.54) is 11.3 Å². The van der Waals surface area contributed by atoms with Crippen molar-refractivity contribution in [2.75, 3.05) is 4.90 Å². The zero-order valence-corrected chi connectivity index (χ0v) is 12.6. The van der Waals surface area contributed by atoms with E-state index in [1.54, 1.807) is 0 Å². The van der Waals surface area contributed by atoms with Crippen molar-refractivity contribution >= 4 is 21.6 Å². The van der Waals surface area contributed by atoms with Crippen LogP contribution < -0.4 is 4.90 Å². The second-order valence-corrected chi connectivity index (χ2v) is 5.19. The van der Waals surface area contributed by atoms with Crippen molar-refractivity contribution in [1.29, 1.82) is 0 Å². The van der Waals surface area contributed by atoms with Gasteiger partial charge in [-0.15, -0.1) is 0 Å². The third-order valence-electron chi connectivity index (χ3n) is 2.68. The Balaban J connectivity index is 3.24. The largest absolute Gasteiger partial charge is 0.339 e. The standard InChI is InChI=1S/C15H20BrN/c1-6-8-12(4)17(11(2)3)15-10-7-9-14(16)13(15)5/h6-11H,4H2,1-3,5H3/b8-6+. The van der Waals surface area contributed by atoms with Gasteiger partial charge in [-0.3, -0.25) is 0 Å². The monoisotopic (exact) mass is 293 g/mol. The van der Waals surface area contributed by atoms with E-state index in [4.69, 9.17) is 0 Å². The van der Waals surface area contributed by atoms with Crippen molar-refractivity contribution in [3.05, 3.63) is 52.7 Å². The molecular formula is C15H20BrN. The third kappa shape index (κ3) is 3.22. The molecule has 17 heavy (non-hydrogen) atoms. The van der Waals surface area contributed by atoms with Gasteiger partial charge in [0, 0.05) is 21.9 Å². The number of rotatable bonds is 4. The quantitative estimate of drug-likeness (QED) is 0.701. The molecule has 1 rings (SSSR count). The second-order valence-electron chi connectivity index (χ2n) is 4.34. The molecule has 1 aromatic carbocycles. The highest BCUT2D eigenvalue weighted by Crippen LogP contribution is 2.30. The van der Waals surface area contributed by atoms with Crippen LogP contribution in [-0.2, 0) is 0 Å². The Bertz CT molecular complexity index is 433. The van der Waals surface area contributed by atoms with Crippen LogP contribution in [0.1, 0.15) is 26.3 Å². The van der Waals surface area contributed by atoms with Gasteiger partial charge in [-0.1, -0.05) is 34.7 Å². The molecule has 0 aromatic heterocycles. The Hall–Kier alpha value is -1.02. The fraction of sp³-hybridized carbons (Fsp3) is 0.333. The molecule has 0 aliphatic carbocycles. The molecule has 0 bridgehead atoms. The summed E-state index contributed by atoms with van der Waals surface area (Å²) in [5.74, 6) is 0. The van der Waals surface area contributed by atoms with E-state index in [2.05, 4.69) is 66.4 Å². The maximum Gasteiger partial charge on any atom is 0.0454 e. The first-order valence-corrected chi connectivity index (χ1v) is 6.64. The molecular weight excluding hydrogens is 274 g/mol. The summed E-state index contributed by atoms with van der Waals surface area (Å²) in [7, 11) is 0. The minimum atomic E-state index is 0.381. The van der Waals surface area contributed by atoms with Crippen LogP contribution in [0.3, 0.4) is 0 Å². The number of nitrogens with zero attached hydrogens (tertiary/aromatic N) is 1. The molecule has 0 aliphatic rings. The maximum atomic E-state index is 4.14. The summed E-state index contributed by atoms with van der Waals surface area (Å²) in [6.07, 6.45) is 4.06. The SMILES string of the molecule is C=C(/C=C/C)N(c1cccc(Br)c1C)C(C)C. The van der Waals surface area contributed by atoms with Crippen molar-refractivity contribution in [2.24, 2.45) is 0 Å². The van der Waals surface area contributed by atoms with Gasteiger partial charge >= 0.3 is 0 Å². The molecule has 0 saturated heterocycles. The van der Waals surface area contributed by atoms with Gasteiger partial charge in [0.2, 0.25) is 0 Å². The number of benzene rings is 1. The van der Waals surface area contributed by atoms with Crippen LogP contribution in [-0.4, -0.2) is 6.04 Å². The van der Waals surface area contributed by atoms with Crippen LogP contribution in [0.2, 0.25) is 0 Å². The zero-order valence-electron chi connectivity index (χ0n) is 11.0. The van der Waals surface area contributed by atoms with Gasteiger partial charge in [0.15, 0.2) is 0 Å². The highest BCUT2D eigenvalue weighted by atomic mass is 79.9. The molecule has 0 heterocycles. The van der Waals surface area contributed by atoms with Crippen LogP contribution in [0, 0.1) is 6.92 Å². The molecule has 0 N–H and O–H groups in total. The van der Waals surface area contributed by atoms with Gasteiger partial charge in [0.25, 0.3) is 0 Å². The molecule has 0 amide bonds. The molecule has 0 spiro atoms. The average molecular weight is 294 g/mol. The summed E-state index contributed by atoms with van der Waals surface area (Å²) in [5.41, 5.74) is 3.47. The Labute approximate surface area is 113 Å². The van der Waals surface area contributed by atoms with E-state index in [0.29, 0.717) is 6.04 Å². The summed E-state index contributed by atoms with van der Waals surface area (Å²) < 4.78 is 1.13. The predicted octanol–water partition coefficient (Wildman–Crippen LogP) is 5.06. The Morgan fingerprint density at radius 1 is 1.41 bits per heavy atom. The topological polar surface area (TPSA) is 3.24 Å². The van der Waals surface area contributed by atoms with Gasteiger partial charge in [-0.2, -0.15) is 0 Å². The number of anilines is 1. The van der Waals surface area contributed by atoms with Gasteiger partial charge in [-0.25, -0.2) is 0 Å². The maximum absolute atomic E-state index is 4.14. The van der Waals surface area contributed by atoms with Crippen LogP contribution in [0.4, 0.5) is 5.69 Å². The van der Waals surface area contributed by atoms with Gasteiger partial charge in [0.1, 0.15) is 0 Å². The molecule has 0 saturated carbocycles. The fourth-order valence-corrected chi connectivity index (χ4v) is 2.25. The summed E-state index contributed by atoms with van der Waals surface area (Å²) in [5, 5.41) is 0. The van der Waals surface area contributed by atoms with Crippen molar-refractivity contribution in [3.8, 4) is 0 Å². The van der Waals surface area contributed by atoms with Crippen molar-refractivity contribution in [1.82, 2.24) is 0 Å². The minimum absolute atomic E-state index is 0.381. The van der Waals surface area contributed by atoms with Gasteiger partial charge < -0.3 is 4.90 Å². The van der Waals surface area contributed by atoms with Crippen LogP contribution in [0.5, 0.6) is 0 Å². The van der Waals surface area contributed by atoms with E-state index < -0.39 is 0 Å². The molecule has 92 valence electrons. The molecule has 0 aliphatic heterocycles. The van der Waals surface area contributed by atoms with Gasteiger partial charge in [0.05, 0.1) is 0 Å². The lowest BCUT2D eigenvalue weighted by Gasteiger charge is -2.31. The molecule has 1 aromatic rings. The highest BCUT2D eigenvalue weighted by Gasteiger charge is 2.15. The van der Waals surface area contributed by atoms with Crippen LogP contribution in [0.15, 0.2) is 47.1 Å². The van der Waals surface area contributed by atoms with Crippen molar-refractivity contribution in [3.63, 3.8) is 0 Å². The third-order valence-corrected chi connectivity index (χ3v) is 3.54. The van der Waals surface area contributed by atoms with Crippen molar-refractivity contribution in [2.45, 2.75) is 33.7 Å². The number of hydrogen-bond donors (Lipinski definition) is 0. The number of allylic oxidation sites excluding steroid dienone is 2.